The fourth-order valence-electron chi connectivity index (χ4n) is 0.987. The first kappa shape index (κ1) is 6.03. The third-order valence-corrected chi connectivity index (χ3v) is 1.51. The van der Waals surface area contributed by atoms with E-state index in [1.807, 2.05) is 6.07 Å². The first-order chi connectivity index (χ1) is 5.42. The maximum atomic E-state index is 10.4. The Labute approximate surface area is 62.2 Å². The standard InChI is InChI=1S/C7H5N3O/c11-4-5-2-1-3-6-7(5)9-10-8-6/h1-4H,(H,8,9,10). The molecule has 1 heterocycles. The summed E-state index contributed by atoms with van der Waals surface area (Å²) in [5.41, 5.74) is 1.98. The van der Waals surface area contributed by atoms with Crippen LogP contribution in [-0.2, 0) is 0 Å². The molecule has 1 N–H and O–H groups in total. The molecule has 2 aromatic rings. The maximum Gasteiger partial charge on any atom is 0.152 e. The lowest BCUT2D eigenvalue weighted by atomic mass is 10.2. The van der Waals surface area contributed by atoms with E-state index in [2.05, 4.69) is 15.4 Å². The van der Waals surface area contributed by atoms with Gasteiger partial charge in [0.2, 0.25) is 0 Å². The van der Waals surface area contributed by atoms with Crippen LogP contribution in [0.1, 0.15) is 10.4 Å². The molecule has 0 radical (unpaired) electrons. The Morgan fingerprint density at radius 3 is 3.18 bits per heavy atom. The molecule has 2 rings (SSSR count). The van der Waals surface area contributed by atoms with E-state index in [1.165, 1.54) is 0 Å². The maximum absolute atomic E-state index is 10.4. The minimum absolute atomic E-state index is 0.566. The van der Waals surface area contributed by atoms with Crippen molar-refractivity contribution in [3.8, 4) is 0 Å². The van der Waals surface area contributed by atoms with Crippen LogP contribution in [-0.4, -0.2) is 21.7 Å². The van der Waals surface area contributed by atoms with Crippen LogP contribution < -0.4 is 0 Å². The van der Waals surface area contributed by atoms with Gasteiger partial charge in [0.05, 0.1) is 5.52 Å². The molecule has 54 valence electrons. The zero-order valence-corrected chi connectivity index (χ0v) is 5.61. The first-order valence-electron chi connectivity index (χ1n) is 3.17. The number of nitrogens with zero attached hydrogens (tertiary/aromatic N) is 2. The van der Waals surface area contributed by atoms with E-state index >= 15 is 0 Å². The minimum atomic E-state index is 0.566. The number of fused-ring (bicyclic) bond motifs is 1. The van der Waals surface area contributed by atoms with E-state index in [0.717, 1.165) is 11.8 Å². The van der Waals surface area contributed by atoms with Crippen LogP contribution in [0.25, 0.3) is 11.0 Å². The van der Waals surface area contributed by atoms with Crippen LogP contribution in [0.5, 0.6) is 0 Å². The SMILES string of the molecule is O=Cc1cccc2[nH]nnc12. The summed E-state index contributed by atoms with van der Waals surface area (Å²) in [4.78, 5) is 10.4. The monoisotopic (exact) mass is 147 g/mol. The molecule has 0 aliphatic carbocycles. The molecule has 0 bridgehead atoms. The van der Waals surface area contributed by atoms with Crippen LogP contribution in [0, 0.1) is 0 Å². The van der Waals surface area contributed by atoms with Gasteiger partial charge in [-0.2, -0.15) is 0 Å². The Balaban J connectivity index is 2.88. The smallest absolute Gasteiger partial charge is 0.152 e. The van der Waals surface area contributed by atoms with Gasteiger partial charge >= 0.3 is 0 Å². The van der Waals surface area contributed by atoms with Gasteiger partial charge in [-0.1, -0.05) is 11.3 Å². The van der Waals surface area contributed by atoms with Crippen molar-refractivity contribution in [2.75, 3.05) is 0 Å². The Kier molecular flexibility index (Phi) is 1.18. The molecule has 0 amide bonds. The lowest BCUT2D eigenvalue weighted by Gasteiger charge is -1.87. The van der Waals surface area contributed by atoms with Crippen LogP contribution >= 0.6 is 0 Å². The normalized spacial score (nSPS) is 10.2. The summed E-state index contributed by atoms with van der Waals surface area (Å²) in [7, 11) is 0. The van der Waals surface area contributed by atoms with E-state index in [0.29, 0.717) is 11.1 Å². The molecule has 4 nitrogen and oxygen atoms in total. The fraction of sp³-hybridized carbons (Fsp3) is 0. The summed E-state index contributed by atoms with van der Waals surface area (Å²) < 4.78 is 0. The summed E-state index contributed by atoms with van der Waals surface area (Å²) in [5.74, 6) is 0. The van der Waals surface area contributed by atoms with Gasteiger partial charge in [0.1, 0.15) is 5.52 Å². The molecule has 0 saturated heterocycles. The summed E-state index contributed by atoms with van der Waals surface area (Å²) >= 11 is 0. The van der Waals surface area contributed by atoms with Gasteiger partial charge in [-0.3, -0.25) is 9.89 Å². The van der Waals surface area contributed by atoms with E-state index in [-0.39, 0.29) is 0 Å². The molecule has 1 aromatic carbocycles. The van der Waals surface area contributed by atoms with E-state index in [4.69, 9.17) is 0 Å². The lowest BCUT2D eigenvalue weighted by Crippen LogP contribution is -1.80. The Bertz CT molecular complexity index is 393. The predicted octanol–water partition coefficient (Wildman–Crippen LogP) is 0.770. The molecule has 11 heavy (non-hydrogen) atoms. The average molecular weight is 147 g/mol. The van der Waals surface area contributed by atoms with Crippen molar-refractivity contribution in [1.29, 1.82) is 0 Å². The van der Waals surface area contributed by atoms with Crippen molar-refractivity contribution in [3.05, 3.63) is 23.8 Å². The van der Waals surface area contributed by atoms with Gasteiger partial charge in [0.25, 0.3) is 0 Å². The van der Waals surface area contributed by atoms with Gasteiger partial charge < -0.3 is 0 Å². The Morgan fingerprint density at radius 2 is 2.36 bits per heavy atom. The number of carbonyl (C=O) groups is 1. The second-order valence-electron chi connectivity index (χ2n) is 2.17. The van der Waals surface area contributed by atoms with Crippen molar-refractivity contribution in [2.45, 2.75) is 0 Å². The Morgan fingerprint density at radius 1 is 1.45 bits per heavy atom. The second-order valence-corrected chi connectivity index (χ2v) is 2.17. The molecule has 0 aliphatic heterocycles. The van der Waals surface area contributed by atoms with Gasteiger partial charge in [0, 0.05) is 5.56 Å². The van der Waals surface area contributed by atoms with Crippen LogP contribution in [0.2, 0.25) is 0 Å². The molecular formula is C7H5N3O. The highest BCUT2D eigenvalue weighted by molar-refractivity contribution is 5.93. The number of H-pyrrole nitrogens is 1. The molecule has 0 saturated carbocycles. The second kappa shape index (κ2) is 2.16. The van der Waals surface area contributed by atoms with E-state index in [1.54, 1.807) is 12.1 Å². The van der Waals surface area contributed by atoms with E-state index in [9.17, 15) is 4.79 Å². The minimum Gasteiger partial charge on any atom is -0.298 e. The van der Waals surface area contributed by atoms with Crippen LogP contribution in [0.15, 0.2) is 18.2 Å². The van der Waals surface area contributed by atoms with Crippen LogP contribution in [0.4, 0.5) is 0 Å². The molecule has 0 atom stereocenters. The molecule has 0 aliphatic rings. The van der Waals surface area contributed by atoms with Gasteiger partial charge in [-0.25, -0.2) is 0 Å². The quantitative estimate of drug-likeness (QED) is 0.606. The summed E-state index contributed by atoms with van der Waals surface area (Å²) in [6.45, 7) is 0. The highest BCUT2D eigenvalue weighted by atomic mass is 16.1. The highest BCUT2D eigenvalue weighted by Gasteiger charge is 2.00. The zero-order valence-electron chi connectivity index (χ0n) is 5.61. The number of nitrogens with one attached hydrogen (secondary N) is 1. The molecule has 1 aromatic heterocycles. The topological polar surface area (TPSA) is 58.6 Å². The largest absolute Gasteiger partial charge is 0.298 e. The molecular weight excluding hydrogens is 142 g/mol. The van der Waals surface area contributed by atoms with Crippen LogP contribution in [0.3, 0.4) is 0 Å². The van der Waals surface area contributed by atoms with Crippen molar-refractivity contribution < 1.29 is 4.79 Å². The number of aldehydes is 1. The number of aromatic amines is 1. The van der Waals surface area contributed by atoms with Gasteiger partial charge in [0.15, 0.2) is 6.29 Å². The molecule has 0 unspecified atom stereocenters. The van der Waals surface area contributed by atoms with Gasteiger partial charge in [-0.05, 0) is 12.1 Å². The zero-order chi connectivity index (χ0) is 7.68. The number of carbonyl (C=O) groups excluding carboxylic acids is 1. The first-order valence-corrected chi connectivity index (χ1v) is 3.17. The number of aromatic nitrogens is 3. The van der Waals surface area contributed by atoms with Crippen molar-refractivity contribution in [1.82, 2.24) is 15.4 Å². The van der Waals surface area contributed by atoms with Crippen molar-refractivity contribution in [3.63, 3.8) is 0 Å². The number of hydrogen-bond acceptors (Lipinski definition) is 3. The lowest BCUT2D eigenvalue weighted by molar-refractivity contribution is 0.112. The third kappa shape index (κ3) is 0.797. The number of hydrogen-bond donors (Lipinski definition) is 1. The highest BCUT2D eigenvalue weighted by Crippen LogP contribution is 2.10. The number of rotatable bonds is 1. The Hall–Kier alpha value is -1.71. The summed E-state index contributed by atoms with van der Waals surface area (Å²) in [5, 5.41) is 10.0. The summed E-state index contributed by atoms with van der Waals surface area (Å²) in [6.07, 6.45) is 0.769. The predicted molar refractivity (Wildman–Crippen MR) is 39.3 cm³/mol. The molecule has 0 spiro atoms. The average Bonchev–Trinajstić information content (AvgIpc) is 2.50. The van der Waals surface area contributed by atoms with Crippen molar-refractivity contribution in [2.24, 2.45) is 0 Å². The van der Waals surface area contributed by atoms with E-state index < -0.39 is 0 Å². The third-order valence-electron chi connectivity index (χ3n) is 1.51. The molecule has 4 heteroatoms. The summed E-state index contributed by atoms with van der Waals surface area (Å²) in [6, 6.07) is 5.31. The van der Waals surface area contributed by atoms with Gasteiger partial charge in [-0.15, -0.1) is 5.10 Å². The molecule has 0 fully saturated rings. The number of benzene rings is 1. The van der Waals surface area contributed by atoms with Crippen molar-refractivity contribution >= 4 is 17.3 Å². The fourth-order valence-corrected chi connectivity index (χ4v) is 0.987.